The highest BCUT2D eigenvalue weighted by Gasteiger charge is 2.25. The number of anilines is 2. The van der Waals surface area contributed by atoms with Crippen LogP contribution in [0, 0.1) is 0 Å². The van der Waals surface area contributed by atoms with Crippen LogP contribution in [0.3, 0.4) is 0 Å². The van der Waals surface area contributed by atoms with E-state index in [1.54, 1.807) is 6.92 Å². The third-order valence-electron chi connectivity index (χ3n) is 2.07. The summed E-state index contributed by atoms with van der Waals surface area (Å²) in [6.07, 6.45) is 0. The number of nitrogens with one attached hydrogen (secondary N) is 1. The maximum Gasteiger partial charge on any atom is 0.350 e. The van der Waals surface area contributed by atoms with Crippen molar-refractivity contribution in [3.63, 3.8) is 0 Å². The summed E-state index contributed by atoms with van der Waals surface area (Å²) in [5.74, 6) is -1.21. The number of ether oxygens (including phenoxy) is 1. The summed E-state index contributed by atoms with van der Waals surface area (Å²) in [7, 11) is 0. The smallest absolute Gasteiger partial charge is 0.350 e. The zero-order chi connectivity index (χ0) is 13.9. The first-order valence-corrected chi connectivity index (χ1v) is 6.35. The fraction of sp³-hybridized carbons (Fsp3) is 0.455. The van der Waals surface area contributed by atoms with Crippen LogP contribution in [-0.2, 0) is 4.74 Å². The molecule has 100 valence electrons. The van der Waals surface area contributed by atoms with E-state index in [9.17, 15) is 9.59 Å². The fourth-order valence-corrected chi connectivity index (χ4v) is 2.57. The SMILES string of the molecule is CCOC(=O)c1sc(NC(C)C)c(C(N)=O)c1N. The molecule has 7 heteroatoms. The summed E-state index contributed by atoms with van der Waals surface area (Å²) < 4.78 is 4.87. The Labute approximate surface area is 109 Å². The summed E-state index contributed by atoms with van der Waals surface area (Å²) in [6.45, 7) is 5.76. The largest absolute Gasteiger partial charge is 0.462 e. The van der Waals surface area contributed by atoms with E-state index in [4.69, 9.17) is 16.2 Å². The van der Waals surface area contributed by atoms with E-state index in [0.717, 1.165) is 11.3 Å². The Balaban J connectivity index is 3.23. The van der Waals surface area contributed by atoms with Crippen molar-refractivity contribution in [3.05, 3.63) is 10.4 Å². The average Bonchev–Trinajstić information content (AvgIpc) is 2.54. The predicted octanol–water partition coefficient (Wildman–Crippen LogP) is 1.43. The van der Waals surface area contributed by atoms with Crippen molar-refractivity contribution in [1.82, 2.24) is 0 Å². The lowest BCUT2D eigenvalue weighted by molar-refractivity contribution is 0.0533. The van der Waals surface area contributed by atoms with Gasteiger partial charge in [0.1, 0.15) is 9.88 Å². The Morgan fingerprint density at radius 2 is 2.06 bits per heavy atom. The molecule has 0 aliphatic rings. The van der Waals surface area contributed by atoms with Gasteiger partial charge in [-0.3, -0.25) is 4.79 Å². The van der Waals surface area contributed by atoms with Gasteiger partial charge in [0.05, 0.1) is 17.9 Å². The van der Waals surface area contributed by atoms with Gasteiger partial charge >= 0.3 is 5.97 Å². The Kier molecular flexibility index (Phi) is 4.55. The van der Waals surface area contributed by atoms with E-state index in [2.05, 4.69) is 5.32 Å². The quantitative estimate of drug-likeness (QED) is 0.702. The molecule has 1 aromatic rings. The minimum absolute atomic E-state index is 0.0779. The number of carbonyl (C=O) groups is 2. The van der Waals surface area contributed by atoms with Crippen molar-refractivity contribution >= 4 is 33.9 Å². The number of primary amides is 1. The molecule has 0 spiro atoms. The van der Waals surface area contributed by atoms with Gasteiger partial charge in [-0.05, 0) is 20.8 Å². The molecule has 0 saturated heterocycles. The van der Waals surface area contributed by atoms with E-state index >= 15 is 0 Å². The number of esters is 1. The molecular formula is C11H17N3O3S. The summed E-state index contributed by atoms with van der Waals surface area (Å²) in [6, 6.07) is 0.0937. The van der Waals surface area contributed by atoms with Crippen LogP contribution < -0.4 is 16.8 Å². The highest BCUT2D eigenvalue weighted by Crippen LogP contribution is 2.36. The lowest BCUT2D eigenvalue weighted by Gasteiger charge is -2.08. The Morgan fingerprint density at radius 1 is 1.44 bits per heavy atom. The molecule has 18 heavy (non-hydrogen) atoms. The number of amides is 1. The second kappa shape index (κ2) is 5.72. The minimum Gasteiger partial charge on any atom is -0.462 e. The molecule has 0 aliphatic carbocycles. The zero-order valence-corrected chi connectivity index (χ0v) is 11.4. The summed E-state index contributed by atoms with van der Waals surface area (Å²) in [5.41, 5.74) is 11.3. The van der Waals surface area contributed by atoms with E-state index in [1.165, 1.54) is 0 Å². The van der Waals surface area contributed by atoms with E-state index in [-0.39, 0.29) is 28.8 Å². The van der Waals surface area contributed by atoms with E-state index in [1.807, 2.05) is 13.8 Å². The van der Waals surface area contributed by atoms with Crippen molar-refractivity contribution in [2.75, 3.05) is 17.7 Å². The molecule has 0 bridgehead atoms. The normalized spacial score (nSPS) is 10.4. The molecule has 0 radical (unpaired) electrons. The molecule has 1 aromatic heterocycles. The predicted molar refractivity (Wildman–Crippen MR) is 72.0 cm³/mol. The molecule has 0 aliphatic heterocycles. The molecule has 6 nitrogen and oxygen atoms in total. The lowest BCUT2D eigenvalue weighted by atomic mass is 10.2. The molecule has 1 rings (SSSR count). The van der Waals surface area contributed by atoms with Crippen LogP contribution in [0.2, 0.25) is 0 Å². The molecule has 0 unspecified atom stereocenters. The number of nitrogens with two attached hydrogens (primary N) is 2. The second-order valence-electron chi connectivity index (χ2n) is 3.93. The number of carbonyl (C=O) groups excluding carboxylic acids is 2. The van der Waals surface area contributed by atoms with Gasteiger partial charge in [0.2, 0.25) is 0 Å². The van der Waals surface area contributed by atoms with Gasteiger partial charge in [0, 0.05) is 6.04 Å². The topological polar surface area (TPSA) is 107 Å². The van der Waals surface area contributed by atoms with Gasteiger partial charge in [-0.25, -0.2) is 4.79 Å². The van der Waals surface area contributed by atoms with Gasteiger partial charge in [-0.1, -0.05) is 0 Å². The minimum atomic E-state index is -0.664. The van der Waals surface area contributed by atoms with Crippen LogP contribution in [0.4, 0.5) is 10.7 Å². The Bertz CT molecular complexity index is 468. The number of hydrogen-bond donors (Lipinski definition) is 3. The molecule has 0 aromatic carbocycles. The third-order valence-corrected chi connectivity index (χ3v) is 3.19. The van der Waals surface area contributed by atoms with Crippen LogP contribution in [0.15, 0.2) is 0 Å². The van der Waals surface area contributed by atoms with Gasteiger partial charge in [-0.2, -0.15) is 0 Å². The molecule has 0 atom stereocenters. The van der Waals surface area contributed by atoms with Crippen molar-refractivity contribution in [3.8, 4) is 0 Å². The van der Waals surface area contributed by atoms with Crippen molar-refractivity contribution in [2.24, 2.45) is 5.73 Å². The maximum absolute atomic E-state index is 11.7. The fourth-order valence-electron chi connectivity index (χ4n) is 1.40. The average molecular weight is 271 g/mol. The summed E-state index contributed by atoms with van der Waals surface area (Å²) >= 11 is 1.08. The third kappa shape index (κ3) is 2.92. The maximum atomic E-state index is 11.7. The van der Waals surface area contributed by atoms with Crippen molar-refractivity contribution in [1.29, 1.82) is 0 Å². The number of thiophene rings is 1. The summed E-state index contributed by atoms with van der Waals surface area (Å²) in [4.78, 5) is 23.2. The van der Waals surface area contributed by atoms with Gasteiger partial charge in [0.15, 0.2) is 0 Å². The second-order valence-corrected chi connectivity index (χ2v) is 4.95. The standard InChI is InChI=1S/C11H17N3O3S/c1-4-17-11(16)8-7(12)6(9(13)15)10(18-8)14-5(2)3/h5,14H,4,12H2,1-3H3,(H2,13,15). The van der Waals surface area contributed by atoms with Crippen LogP contribution >= 0.6 is 11.3 Å². The number of rotatable bonds is 5. The van der Waals surface area contributed by atoms with E-state index < -0.39 is 11.9 Å². The van der Waals surface area contributed by atoms with Crippen molar-refractivity contribution < 1.29 is 14.3 Å². The van der Waals surface area contributed by atoms with Gasteiger partial charge < -0.3 is 21.5 Å². The Hall–Kier alpha value is -1.76. The molecular weight excluding hydrogens is 254 g/mol. The highest BCUT2D eigenvalue weighted by atomic mass is 32.1. The molecule has 0 fully saturated rings. The number of hydrogen-bond acceptors (Lipinski definition) is 6. The lowest BCUT2D eigenvalue weighted by Crippen LogP contribution is -2.17. The van der Waals surface area contributed by atoms with Crippen molar-refractivity contribution in [2.45, 2.75) is 26.8 Å². The van der Waals surface area contributed by atoms with Crippen LogP contribution in [0.1, 0.15) is 40.8 Å². The van der Waals surface area contributed by atoms with Gasteiger partial charge in [-0.15, -0.1) is 11.3 Å². The monoisotopic (exact) mass is 271 g/mol. The molecule has 5 N–H and O–H groups in total. The first-order chi connectivity index (χ1) is 8.38. The van der Waals surface area contributed by atoms with Crippen LogP contribution in [-0.4, -0.2) is 24.5 Å². The highest BCUT2D eigenvalue weighted by molar-refractivity contribution is 7.19. The van der Waals surface area contributed by atoms with Crippen LogP contribution in [0.25, 0.3) is 0 Å². The van der Waals surface area contributed by atoms with Crippen LogP contribution in [0.5, 0.6) is 0 Å². The van der Waals surface area contributed by atoms with E-state index in [0.29, 0.717) is 5.00 Å². The zero-order valence-electron chi connectivity index (χ0n) is 10.6. The Morgan fingerprint density at radius 3 is 2.50 bits per heavy atom. The molecule has 1 amide bonds. The molecule has 1 heterocycles. The summed E-state index contributed by atoms with van der Waals surface area (Å²) in [5, 5.41) is 3.54. The first-order valence-electron chi connectivity index (χ1n) is 5.54. The molecule has 0 saturated carbocycles. The number of nitrogen functional groups attached to an aromatic ring is 1. The van der Waals surface area contributed by atoms with Gasteiger partial charge in [0.25, 0.3) is 5.91 Å². The first kappa shape index (κ1) is 14.3.